The number of amides is 1. The Morgan fingerprint density at radius 1 is 1.07 bits per heavy atom. The Bertz CT molecular complexity index is 964. The number of benzene rings is 2. The summed E-state index contributed by atoms with van der Waals surface area (Å²) in [6.07, 6.45) is 2.70. The first-order valence-corrected chi connectivity index (χ1v) is 9.16. The number of pyridine rings is 1. The van der Waals surface area contributed by atoms with Crippen molar-refractivity contribution in [3.05, 3.63) is 76.1 Å². The van der Waals surface area contributed by atoms with Crippen molar-refractivity contribution in [2.24, 2.45) is 0 Å². The predicted octanol–water partition coefficient (Wildman–Crippen LogP) is 3.22. The number of aromatic nitrogens is 1. The van der Waals surface area contributed by atoms with Gasteiger partial charge in [-0.2, -0.15) is 0 Å². The van der Waals surface area contributed by atoms with Gasteiger partial charge in [0.15, 0.2) is 0 Å². The van der Waals surface area contributed by atoms with Gasteiger partial charge in [0.25, 0.3) is 5.56 Å². The van der Waals surface area contributed by atoms with Gasteiger partial charge in [0.05, 0.1) is 12.6 Å². The first-order valence-electron chi connectivity index (χ1n) is 9.16. The second kappa shape index (κ2) is 9.03. The number of H-pyrrole nitrogens is 1. The molecule has 3 aromatic rings. The van der Waals surface area contributed by atoms with E-state index in [1.165, 1.54) is 5.56 Å². The fourth-order valence-electron chi connectivity index (χ4n) is 3.06. The summed E-state index contributed by atoms with van der Waals surface area (Å²) in [5.41, 5.74) is 2.52. The lowest BCUT2D eigenvalue weighted by Gasteiger charge is -2.07. The molecule has 0 aliphatic carbocycles. The fourth-order valence-corrected chi connectivity index (χ4v) is 3.06. The smallest absolute Gasteiger partial charge is 0.251 e. The van der Waals surface area contributed by atoms with E-state index in [4.69, 9.17) is 4.74 Å². The number of carbonyl (C=O) groups is 1. The third kappa shape index (κ3) is 5.20. The van der Waals surface area contributed by atoms with Crippen LogP contribution in [-0.4, -0.2) is 24.5 Å². The molecule has 0 spiro atoms. The van der Waals surface area contributed by atoms with Crippen molar-refractivity contribution < 1.29 is 9.53 Å². The van der Waals surface area contributed by atoms with Crippen LogP contribution in [0.2, 0.25) is 0 Å². The molecule has 0 aliphatic rings. The summed E-state index contributed by atoms with van der Waals surface area (Å²) in [6.45, 7) is 0.453. The Morgan fingerprint density at radius 2 is 1.89 bits per heavy atom. The lowest BCUT2D eigenvalue weighted by atomic mass is 10.1. The number of ether oxygens (including phenoxy) is 1. The second-order valence-electron chi connectivity index (χ2n) is 6.52. The molecule has 0 bridgehead atoms. The first-order chi connectivity index (χ1) is 13.2. The highest BCUT2D eigenvalue weighted by molar-refractivity contribution is 5.80. The first kappa shape index (κ1) is 18.7. The molecular weight excluding hydrogens is 340 g/mol. The van der Waals surface area contributed by atoms with E-state index in [2.05, 4.69) is 22.4 Å². The van der Waals surface area contributed by atoms with Crippen LogP contribution < -0.4 is 15.6 Å². The molecule has 140 valence electrons. The summed E-state index contributed by atoms with van der Waals surface area (Å²) in [5, 5.41) is 3.84. The van der Waals surface area contributed by atoms with Crippen LogP contribution in [0.15, 0.2) is 59.4 Å². The molecule has 1 heterocycles. The van der Waals surface area contributed by atoms with Crippen LogP contribution in [0.1, 0.15) is 24.0 Å². The highest BCUT2D eigenvalue weighted by atomic mass is 16.5. The minimum Gasteiger partial charge on any atom is -0.497 e. The predicted molar refractivity (Wildman–Crippen MR) is 107 cm³/mol. The molecule has 5 heteroatoms. The third-order valence-corrected chi connectivity index (χ3v) is 4.56. The molecular formula is C22H24N2O3. The lowest BCUT2D eigenvalue weighted by Crippen LogP contribution is -2.27. The van der Waals surface area contributed by atoms with Crippen LogP contribution in [-0.2, 0) is 17.6 Å². The van der Waals surface area contributed by atoms with E-state index in [0.29, 0.717) is 30.7 Å². The molecule has 3 rings (SSSR count). The van der Waals surface area contributed by atoms with Gasteiger partial charge < -0.3 is 15.0 Å². The summed E-state index contributed by atoms with van der Waals surface area (Å²) in [4.78, 5) is 27.1. The summed E-state index contributed by atoms with van der Waals surface area (Å²) in [5.74, 6) is 0.724. The van der Waals surface area contributed by atoms with Gasteiger partial charge >= 0.3 is 0 Å². The molecule has 1 amide bonds. The molecule has 27 heavy (non-hydrogen) atoms. The Labute approximate surface area is 158 Å². The monoisotopic (exact) mass is 364 g/mol. The normalized spacial score (nSPS) is 10.7. The zero-order valence-electron chi connectivity index (χ0n) is 15.5. The Balaban J connectivity index is 1.49. The van der Waals surface area contributed by atoms with Gasteiger partial charge in [-0.15, -0.1) is 0 Å². The molecule has 0 unspecified atom stereocenters. The molecule has 0 radical (unpaired) electrons. The topological polar surface area (TPSA) is 71.2 Å². The van der Waals surface area contributed by atoms with Gasteiger partial charge in [0, 0.05) is 24.6 Å². The molecule has 5 nitrogen and oxygen atoms in total. The van der Waals surface area contributed by atoms with Crippen LogP contribution in [0.4, 0.5) is 0 Å². The van der Waals surface area contributed by atoms with E-state index >= 15 is 0 Å². The van der Waals surface area contributed by atoms with E-state index in [-0.39, 0.29) is 11.5 Å². The summed E-state index contributed by atoms with van der Waals surface area (Å²) in [6, 6.07) is 17.6. The number of aromatic amines is 1. The largest absolute Gasteiger partial charge is 0.497 e. The van der Waals surface area contributed by atoms with Crippen molar-refractivity contribution in [3.8, 4) is 5.75 Å². The Morgan fingerprint density at radius 3 is 2.67 bits per heavy atom. The minimum atomic E-state index is -0.130. The Kier molecular flexibility index (Phi) is 6.26. The minimum absolute atomic E-state index is 0.0212. The summed E-state index contributed by atoms with van der Waals surface area (Å²) >= 11 is 0. The maximum atomic E-state index is 12.2. The number of carbonyl (C=O) groups excluding carboxylic acids is 1. The van der Waals surface area contributed by atoms with Gasteiger partial charge in [0.2, 0.25) is 5.91 Å². The van der Waals surface area contributed by atoms with E-state index in [0.717, 1.165) is 23.7 Å². The van der Waals surface area contributed by atoms with E-state index in [1.54, 1.807) is 13.2 Å². The number of hydrogen-bond donors (Lipinski definition) is 2. The van der Waals surface area contributed by atoms with Crippen LogP contribution >= 0.6 is 0 Å². The lowest BCUT2D eigenvalue weighted by molar-refractivity contribution is -0.121. The standard InChI is InChI=1S/C22H24N2O3/c1-27-19-11-10-17-14-18(22(26)24-20(17)15-19)12-13-23-21(25)9-5-8-16-6-3-2-4-7-16/h2-4,6-7,10-11,14-15H,5,8-9,12-13H2,1H3,(H,23,25)(H,24,26). The maximum Gasteiger partial charge on any atom is 0.251 e. The Hall–Kier alpha value is -3.08. The van der Waals surface area contributed by atoms with Crippen LogP contribution in [0.3, 0.4) is 0 Å². The molecule has 0 fully saturated rings. The van der Waals surface area contributed by atoms with Gasteiger partial charge in [-0.25, -0.2) is 0 Å². The van der Waals surface area contributed by atoms with Gasteiger partial charge in [-0.3, -0.25) is 9.59 Å². The van der Waals surface area contributed by atoms with E-state index < -0.39 is 0 Å². The van der Waals surface area contributed by atoms with Crippen LogP contribution in [0, 0.1) is 0 Å². The maximum absolute atomic E-state index is 12.2. The van der Waals surface area contributed by atoms with Gasteiger partial charge in [-0.05, 0) is 48.4 Å². The number of nitrogens with one attached hydrogen (secondary N) is 2. The molecule has 2 N–H and O–H groups in total. The van der Waals surface area contributed by atoms with Crippen molar-refractivity contribution in [3.63, 3.8) is 0 Å². The summed E-state index contributed by atoms with van der Waals surface area (Å²) in [7, 11) is 1.59. The SMILES string of the molecule is COc1ccc2cc(CCNC(=O)CCCc3ccccc3)c(=O)[nH]c2c1. The molecule has 0 saturated heterocycles. The van der Waals surface area contributed by atoms with Gasteiger partial charge in [0.1, 0.15) is 5.75 Å². The fraction of sp³-hybridized carbons (Fsp3) is 0.273. The van der Waals surface area contributed by atoms with Crippen molar-refractivity contribution in [2.75, 3.05) is 13.7 Å². The molecule has 0 aliphatic heterocycles. The zero-order chi connectivity index (χ0) is 19.1. The zero-order valence-corrected chi connectivity index (χ0v) is 15.5. The summed E-state index contributed by atoms with van der Waals surface area (Å²) < 4.78 is 5.17. The number of aryl methyl sites for hydroxylation is 1. The van der Waals surface area contributed by atoms with Crippen LogP contribution in [0.25, 0.3) is 10.9 Å². The third-order valence-electron chi connectivity index (χ3n) is 4.56. The highest BCUT2D eigenvalue weighted by Crippen LogP contribution is 2.18. The molecule has 0 saturated carbocycles. The quantitative estimate of drug-likeness (QED) is 0.645. The molecule has 0 atom stereocenters. The second-order valence-corrected chi connectivity index (χ2v) is 6.52. The average Bonchev–Trinajstić information content (AvgIpc) is 2.69. The average molecular weight is 364 g/mol. The number of hydrogen-bond acceptors (Lipinski definition) is 3. The van der Waals surface area contributed by atoms with Crippen LogP contribution in [0.5, 0.6) is 5.75 Å². The van der Waals surface area contributed by atoms with Crippen molar-refractivity contribution in [1.82, 2.24) is 10.3 Å². The number of methoxy groups -OCH3 is 1. The molecule has 1 aromatic heterocycles. The number of fused-ring (bicyclic) bond motifs is 1. The van der Waals surface area contributed by atoms with E-state index in [9.17, 15) is 9.59 Å². The van der Waals surface area contributed by atoms with Gasteiger partial charge in [-0.1, -0.05) is 30.3 Å². The van der Waals surface area contributed by atoms with E-state index in [1.807, 2.05) is 36.4 Å². The highest BCUT2D eigenvalue weighted by Gasteiger charge is 2.06. The number of rotatable bonds is 8. The van der Waals surface area contributed by atoms with Crippen molar-refractivity contribution in [1.29, 1.82) is 0 Å². The molecule has 2 aromatic carbocycles. The van der Waals surface area contributed by atoms with Crippen molar-refractivity contribution in [2.45, 2.75) is 25.7 Å². The van der Waals surface area contributed by atoms with Crippen molar-refractivity contribution >= 4 is 16.8 Å².